The fourth-order valence-corrected chi connectivity index (χ4v) is 5.02. The van der Waals surface area contributed by atoms with E-state index < -0.39 is 18.2 Å². The minimum atomic E-state index is -0.989. The number of hydrogen-bond donors (Lipinski definition) is 3. The van der Waals surface area contributed by atoms with E-state index in [9.17, 15) is 14.4 Å². The number of carboxylic acid groups (broad SMARTS) is 1. The molecule has 0 saturated heterocycles. The van der Waals surface area contributed by atoms with Crippen LogP contribution in [0.5, 0.6) is 0 Å². The van der Waals surface area contributed by atoms with Crippen molar-refractivity contribution in [2.24, 2.45) is 5.92 Å². The maximum atomic E-state index is 12.7. The molecule has 2 aliphatic carbocycles. The highest BCUT2D eigenvalue weighted by Crippen LogP contribution is 2.44. The van der Waals surface area contributed by atoms with Crippen molar-refractivity contribution in [1.29, 1.82) is 0 Å². The molecule has 1 saturated carbocycles. The number of hydrogen-bond acceptors (Lipinski definition) is 5. The number of fused-ring (bicyclic) bond motifs is 3. The Morgan fingerprint density at radius 1 is 1.03 bits per heavy atom. The van der Waals surface area contributed by atoms with E-state index in [1.807, 2.05) is 24.3 Å². The molecule has 3 atom stereocenters. The van der Waals surface area contributed by atoms with Crippen LogP contribution >= 0.6 is 0 Å². The van der Waals surface area contributed by atoms with Crippen LogP contribution in [0.2, 0.25) is 0 Å². The second-order valence-electron chi connectivity index (χ2n) is 8.81. The molecule has 180 valence electrons. The molecule has 0 bridgehead atoms. The Hall–Kier alpha value is -3.39. The highest BCUT2D eigenvalue weighted by atomic mass is 16.5. The average Bonchev–Trinajstić information content (AvgIpc) is 3.42. The van der Waals surface area contributed by atoms with Crippen molar-refractivity contribution in [3.63, 3.8) is 0 Å². The summed E-state index contributed by atoms with van der Waals surface area (Å²) in [6, 6.07) is 16.0. The summed E-state index contributed by atoms with van der Waals surface area (Å²) < 4.78 is 10.7. The second-order valence-corrected chi connectivity index (χ2v) is 8.81. The van der Waals surface area contributed by atoms with Crippen LogP contribution in [0.4, 0.5) is 4.79 Å². The fourth-order valence-electron chi connectivity index (χ4n) is 5.02. The lowest BCUT2D eigenvalue weighted by Crippen LogP contribution is -2.46. The van der Waals surface area contributed by atoms with Gasteiger partial charge in [0, 0.05) is 25.6 Å². The lowest BCUT2D eigenvalue weighted by molar-refractivity contribution is -0.140. The van der Waals surface area contributed by atoms with E-state index in [4.69, 9.17) is 14.6 Å². The quantitative estimate of drug-likeness (QED) is 0.523. The summed E-state index contributed by atoms with van der Waals surface area (Å²) in [6.07, 6.45) is 0.823. The highest BCUT2D eigenvalue weighted by molar-refractivity contribution is 5.81. The molecule has 0 aliphatic heterocycles. The molecule has 2 amide bonds. The van der Waals surface area contributed by atoms with Crippen molar-refractivity contribution in [2.75, 3.05) is 20.3 Å². The lowest BCUT2D eigenvalue weighted by Gasteiger charge is -2.22. The standard InChI is InChI=1S/C26H30N2O6/c1-33-16(13-24(29)30)14-27-25(31)21-11-6-12-23(21)28-26(32)34-15-22-19-9-4-2-7-17(19)18-8-3-5-10-20(18)22/h2-5,7-10,16,21-23H,6,11-15H2,1H3,(H,27,31)(H,28,32)(H,29,30). The summed E-state index contributed by atoms with van der Waals surface area (Å²) in [5.74, 6) is -1.62. The van der Waals surface area contributed by atoms with Gasteiger partial charge in [0.05, 0.1) is 18.4 Å². The van der Waals surface area contributed by atoms with E-state index in [-0.39, 0.29) is 43.4 Å². The summed E-state index contributed by atoms with van der Waals surface area (Å²) >= 11 is 0. The van der Waals surface area contributed by atoms with E-state index in [2.05, 4.69) is 34.9 Å². The molecule has 2 aromatic carbocycles. The van der Waals surface area contributed by atoms with Crippen LogP contribution in [0.1, 0.15) is 42.7 Å². The van der Waals surface area contributed by atoms with Crippen molar-refractivity contribution >= 4 is 18.0 Å². The lowest BCUT2D eigenvalue weighted by atomic mass is 9.98. The number of carbonyl (C=O) groups is 3. The highest BCUT2D eigenvalue weighted by Gasteiger charge is 2.35. The Kier molecular flexibility index (Phi) is 7.47. The third-order valence-corrected chi connectivity index (χ3v) is 6.74. The Labute approximate surface area is 198 Å². The Morgan fingerprint density at radius 3 is 2.29 bits per heavy atom. The number of nitrogens with one attached hydrogen (secondary N) is 2. The number of benzene rings is 2. The molecule has 0 spiro atoms. The summed E-state index contributed by atoms with van der Waals surface area (Å²) in [7, 11) is 1.41. The predicted octanol–water partition coefficient (Wildman–Crippen LogP) is 3.30. The molecule has 0 aromatic heterocycles. The van der Waals surface area contributed by atoms with E-state index in [1.165, 1.54) is 7.11 Å². The molecule has 0 heterocycles. The number of rotatable bonds is 9. The van der Waals surface area contributed by atoms with E-state index in [1.54, 1.807) is 0 Å². The number of carboxylic acids is 1. The minimum absolute atomic E-state index is 0.0268. The van der Waals surface area contributed by atoms with Gasteiger partial charge in [-0.05, 0) is 35.1 Å². The van der Waals surface area contributed by atoms with Crippen molar-refractivity contribution in [3.05, 3.63) is 59.7 Å². The third-order valence-electron chi connectivity index (χ3n) is 6.74. The molecule has 8 heteroatoms. The van der Waals surface area contributed by atoms with E-state index in [0.717, 1.165) is 28.7 Å². The normalized spacial score (nSPS) is 19.7. The fraction of sp³-hybridized carbons (Fsp3) is 0.423. The first kappa shape index (κ1) is 23.8. The Bertz CT molecular complexity index is 1010. The van der Waals surface area contributed by atoms with Gasteiger partial charge < -0.3 is 25.2 Å². The van der Waals surface area contributed by atoms with Crippen LogP contribution in [-0.2, 0) is 19.1 Å². The monoisotopic (exact) mass is 466 g/mol. The Morgan fingerprint density at radius 2 is 1.68 bits per heavy atom. The maximum absolute atomic E-state index is 12.7. The van der Waals surface area contributed by atoms with Crippen LogP contribution < -0.4 is 10.6 Å². The molecule has 3 unspecified atom stereocenters. The molecule has 3 N–H and O–H groups in total. The Balaban J connectivity index is 1.32. The second kappa shape index (κ2) is 10.7. The smallest absolute Gasteiger partial charge is 0.407 e. The third kappa shape index (κ3) is 5.22. The molecule has 2 aromatic rings. The summed E-state index contributed by atoms with van der Waals surface area (Å²) in [5, 5.41) is 14.5. The van der Waals surface area contributed by atoms with Crippen LogP contribution in [0.25, 0.3) is 11.1 Å². The number of carbonyl (C=O) groups excluding carboxylic acids is 2. The molecular weight excluding hydrogens is 436 g/mol. The molecule has 34 heavy (non-hydrogen) atoms. The van der Waals surface area contributed by atoms with Gasteiger partial charge in [0.1, 0.15) is 6.61 Å². The van der Waals surface area contributed by atoms with Gasteiger partial charge >= 0.3 is 12.1 Å². The van der Waals surface area contributed by atoms with Gasteiger partial charge in [-0.25, -0.2) is 4.79 Å². The van der Waals surface area contributed by atoms with Gasteiger partial charge in [-0.15, -0.1) is 0 Å². The van der Waals surface area contributed by atoms with E-state index >= 15 is 0 Å². The van der Waals surface area contributed by atoms with Crippen molar-refractivity contribution in [3.8, 4) is 11.1 Å². The van der Waals surface area contributed by atoms with Crippen molar-refractivity contribution in [2.45, 2.75) is 43.7 Å². The molecule has 4 rings (SSSR count). The zero-order valence-corrected chi connectivity index (χ0v) is 19.2. The van der Waals surface area contributed by atoms with E-state index in [0.29, 0.717) is 12.8 Å². The average molecular weight is 467 g/mol. The molecule has 1 fully saturated rings. The largest absolute Gasteiger partial charge is 0.481 e. The molecule has 0 radical (unpaired) electrons. The van der Waals surface area contributed by atoms with Crippen LogP contribution in [0, 0.1) is 5.92 Å². The van der Waals surface area contributed by atoms with Gasteiger partial charge in [0.2, 0.25) is 5.91 Å². The zero-order chi connectivity index (χ0) is 24.1. The minimum Gasteiger partial charge on any atom is -0.481 e. The number of alkyl carbamates (subject to hydrolysis) is 1. The first-order chi connectivity index (χ1) is 16.5. The number of ether oxygens (including phenoxy) is 2. The summed E-state index contributed by atoms with van der Waals surface area (Å²) in [6.45, 7) is 0.323. The zero-order valence-electron chi connectivity index (χ0n) is 19.2. The first-order valence-corrected chi connectivity index (χ1v) is 11.6. The van der Waals surface area contributed by atoms with Crippen LogP contribution in [-0.4, -0.2) is 55.5 Å². The van der Waals surface area contributed by atoms with Crippen LogP contribution in [0.15, 0.2) is 48.5 Å². The van der Waals surface area contributed by atoms with Crippen molar-refractivity contribution in [1.82, 2.24) is 10.6 Å². The maximum Gasteiger partial charge on any atom is 0.407 e. The first-order valence-electron chi connectivity index (χ1n) is 11.6. The van der Waals surface area contributed by atoms with Gasteiger partial charge in [-0.2, -0.15) is 0 Å². The van der Waals surface area contributed by atoms with Crippen molar-refractivity contribution < 1.29 is 29.0 Å². The summed E-state index contributed by atoms with van der Waals surface area (Å²) in [4.78, 5) is 36.2. The molecular formula is C26H30N2O6. The number of amides is 2. The SMILES string of the molecule is COC(CNC(=O)C1CCCC1NC(=O)OCC1c2ccccc2-c2ccccc21)CC(=O)O. The predicted molar refractivity (Wildman–Crippen MR) is 125 cm³/mol. The van der Waals surface area contributed by atoms with Crippen LogP contribution in [0.3, 0.4) is 0 Å². The van der Waals surface area contributed by atoms with Gasteiger partial charge in [-0.1, -0.05) is 55.0 Å². The van der Waals surface area contributed by atoms with Gasteiger partial charge in [-0.3, -0.25) is 9.59 Å². The number of aliphatic carboxylic acids is 1. The molecule has 8 nitrogen and oxygen atoms in total. The van der Waals surface area contributed by atoms with Gasteiger partial charge in [0.15, 0.2) is 0 Å². The topological polar surface area (TPSA) is 114 Å². The summed E-state index contributed by atoms with van der Waals surface area (Å²) in [5.41, 5.74) is 4.61. The number of methoxy groups -OCH3 is 1. The molecule has 2 aliphatic rings. The van der Waals surface area contributed by atoms with Gasteiger partial charge in [0.25, 0.3) is 0 Å².